The third-order valence-corrected chi connectivity index (χ3v) is 4.44. The first-order valence-electron chi connectivity index (χ1n) is 5.66. The molecule has 78 valence electrons. The van der Waals surface area contributed by atoms with Crippen molar-refractivity contribution in [3.63, 3.8) is 0 Å². The second-order valence-electron chi connectivity index (χ2n) is 5.40. The fourth-order valence-electron chi connectivity index (χ4n) is 3.29. The van der Waals surface area contributed by atoms with E-state index in [1.165, 1.54) is 25.7 Å². The molecule has 1 spiro atoms. The van der Waals surface area contributed by atoms with Crippen molar-refractivity contribution in [2.45, 2.75) is 44.1 Å². The molecular formula is C11H17NO2. The van der Waals surface area contributed by atoms with E-state index < -0.39 is 11.5 Å². The van der Waals surface area contributed by atoms with Crippen molar-refractivity contribution >= 4 is 5.97 Å². The molecule has 14 heavy (non-hydrogen) atoms. The quantitative estimate of drug-likeness (QED) is 0.725. The summed E-state index contributed by atoms with van der Waals surface area (Å²) in [7, 11) is 0. The number of nitrogens with zero attached hydrogens (tertiary/aromatic N) is 1. The Morgan fingerprint density at radius 3 is 2.07 bits per heavy atom. The summed E-state index contributed by atoms with van der Waals surface area (Å²) in [4.78, 5) is 13.3. The van der Waals surface area contributed by atoms with Crippen molar-refractivity contribution in [2.24, 2.45) is 5.41 Å². The zero-order valence-electron chi connectivity index (χ0n) is 8.46. The van der Waals surface area contributed by atoms with Gasteiger partial charge in [-0.05, 0) is 31.1 Å². The Morgan fingerprint density at radius 2 is 1.64 bits per heavy atom. The molecule has 0 aromatic rings. The molecule has 0 radical (unpaired) electrons. The van der Waals surface area contributed by atoms with Gasteiger partial charge >= 0.3 is 5.97 Å². The molecular weight excluding hydrogens is 178 g/mol. The Kier molecular flexibility index (Phi) is 1.56. The van der Waals surface area contributed by atoms with Crippen LogP contribution in [0.2, 0.25) is 0 Å². The summed E-state index contributed by atoms with van der Waals surface area (Å²) in [6, 6.07) is 0. The summed E-state index contributed by atoms with van der Waals surface area (Å²) in [6.45, 7) is 2.11. The van der Waals surface area contributed by atoms with Gasteiger partial charge in [0.15, 0.2) is 0 Å². The maximum atomic E-state index is 11.1. The van der Waals surface area contributed by atoms with E-state index in [4.69, 9.17) is 5.11 Å². The number of likely N-dealkylation sites (tertiary alicyclic amines) is 1. The third kappa shape index (κ3) is 0.991. The maximum absolute atomic E-state index is 11.1. The van der Waals surface area contributed by atoms with Gasteiger partial charge < -0.3 is 5.11 Å². The molecule has 0 aromatic carbocycles. The fourth-order valence-corrected chi connectivity index (χ4v) is 3.29. The molecule has 3 aliphatic rings. The number of rotatable bonds is 2. The van der Waals surface area contributed by atoms with Crippen molar-refractivity contribution in [1.82, 2.24) is 4.90 Å². The average Bonchev–Trinajstić information content (AvgIpc) is 2.74. The normalized spacial score (nSPS) is 32.9. The summed E-state index contributed by atoms with van der Waals surface area (Å²) in [5.41, 5.74) is 0.110. The average molecular weight is 195 g/mol. The van der Waals surface area contributed by atoms with Crippen LogP contribution in [0.1, 0.15) is 38.5 Å². The van der Waals surface area contributed by atoms with E-state index in [9.17, 15) is 4.79 Å². The minimum atomic E-state index is -0.592. The van der Waals surface area contributed by atoms with Gasteiger partial charge in [-0.25, -0.2) is 0 Å². The van der Waals surface area contributed by atoms with Crippen molar-refractivity contribution in [1.29, 1.82) is 0 Å². The van der Waals surface area contributed by atoms with Crippen molar-refractivity contribution in [3.8, 4) is 0 Å². The molecule has 0 aromatic heterocycles. The van der Waals surface area contributed by atoms with E-state index in [0.717, 1.165) is 25.9 Å². The summed E-state index contributed by atoms with van der Waals surface area (Å²) in [6.07, 6.45) is 7.12. The first-order chi connectivity index (χ1) is 6.67. The van der Waals surface area contributed by atoms with Crippen LogP contribution in [0.5, 0.6) is 0 Å². The van der Waals surface area contributed by atoms with Crippen molar-refractivity contribution in [3.05, 3.63) is 0 Å². The molecule has 3 heteroatoms. The van der Waals surface area contributed by atoms with Gasteiger partial charge in [0.05, 0.1) is 0 Å². The molecule has 1 heterocycles. The highest BCUT2D eigenvalue weighted by Crippen LogP contribution is 2.53. The van der Waals surface area contributed by atoms with Gasteiger partial charge in [0.25, 0.3) is 0 Å². The van der Waals surface area contributed by atoms with Crippen LogP contribution in [0.3, 0.4) is 0 Å². The monoisotopic (exact) mass is 195 g/mol. The summed E-state index contributed by atoms with van der Waals surface area (Å²) >= 11 is 0. The molecule has 0 unspecified atom stereocenters. The Labute approximate surface area is 84.1 Å². The van der Waals surface area contributed by atoms with E-state index in [0.29, 0.717) is 5.41 Å². The molecule has 0 bridgehead atoms. The first kappa shape index (κ1) is 8.72. The van der Waals surface area contributed by atoms with Gasteiger partial charge in [-0.1, -0.05) is 12.8 Å². The molecule has 3 fully saturated rings. The molecule has 0 amide bonds. The SMILES string of the molecule is O=C(O)C1(N2CC3(CCCC3)C2)CC1. The Balaban J connectivity index is 1.66. The van der Waals surface area contributed by atoms with E-state index >= 15 is 0 Å². The molecule has 1 saturated heterocycles. The molecule has 0 atom stereocenters. The van der Waals surface area contributed by atoms with Gasteiger partial charge in [0.1, 0.15) is 5.54 Å². The van der Waals surface area contributed by atoms with Crippen LogP contribution in [0.15, 0.2) is 0 Å². The number of carboxylic acids is 1. The predicted molar refractivity (Wildman–Crippen MR) is 52.1 cm³/mol. The molecule has 3 rings (SSSR count). The van der Waals surface area contributed by atoms with Gasteiger partial charge in [0, 0.05) is 13.1 Å². The second-order valence-corrected chi connectivity index (χ2v) is 5.40. The lowest BCUT2D eigenvalue weighted by Crippen LogP contribution is -2.62. The van der Waals surface area contributed by atoms with E-state index in [-0.39, 0.29) is 0 Å². The Hall–Kier alpha value is -0.570. The van der Waals surface area contributed by atoms with Crippen LogP contribution in [0.25, 0.3) is 0 Å². The van der Waals surface area contributed by atoms with Gasteiger partial charge in [0.2, 0.25) is 0 Å². The zero-order chi connectivity index (χ0) is 9.81. The van der Waals surface area contributed by atoms with Crippen LogP contribution in [0.4, 0.5) is 0 Å². The van der Waals surface area contributed by atoms with Gasteiger partial charge in [-0.3, -0.25) is 9.69 Å². The summed E-state index contributed by atoms with van der Waals surface area (Å²) in [5.74, 6) is -0.592. The highest BCUT2D eigenvalue weighted by Gasteiger charge is 2.61. The highest BCUT2D eigenvalue weighted by atomic mass is 16.4. The van der Waals surface area contributed by atoms with Gasteiger partial charge in [-0.2, -0.15) is 0 Å². The topological polar surface area (TPSA) is 40.5 Å². The third-order valence-electron chi connectivity index (χ3n) is 4.44. The van der Waals surface area contributed by atoms with E-state index in [1.54, 1.807) is 0 Å². The standard InChI is InChI=1S/C11H17NO2/c13-9(14)11(5-6-11)12-7-10(8-12)3-1-2-4-10/h1-8H2,(H,13,14). The van der Waals surface area contributed by atoms with E-state index in [1.807, 2.05) is 0 Å². The highest BCUT2D eigenvalue weighted by molar-refractivity contribution is 5.82. The number of aliphatic carboxylic acids is 1. The van der Waals surface area contributed by atoms with Crippen LogP contribution < -0.4 is 0 Å². The lowest BCUT2D eigenvalue weighted by molar-refractivity contribution is -0.152. The molecule has 2 saturated carbocycles. The minimum Gasteiger partial charge on any atom is -0.480 e. The fraction of sp³-hybridized carbons (Fsp3) is 0.909. The van der Waals surface area contributed by atoms with Crippen LogP contribution in [-0.4, -0.2) is 34.6 Å². The lowest BCUT2D eigenvalue weighted by Gasteiger charge is -2.51. The minimum absolute atomic E-state index is 0.423. The Morgan fingerprint density at radius 1 is 1.07 bits per heavy atom. The zero-order valence-corrected chi connectivity index (χ0v) is 8.46. The number of hydrogen-bond donors (Lipinski definition) is 1. The van der Waals surface area contributed by atoms with Crippen LogP contribution in [-0.2, 0) is 4.79 Å². The lowest BCUT2D eigenvalue weighted by atomic mass is 9.77. The molecule has 3 nitrogen and oxygen atoms in total. The van der Waals surface area contributed by atoms with Crippen LogP contribution >= 0.6 is 0 Å². The molecule has 1 aliphatic heterocycles. The van der Waals surface area contributed by atoms with Crippen molar-refractivity contribution in [2.75, 3.05) is 13.1 Å². The number of carboxylic acid groups (broad SMARTS) is 1. The first-order valence-corrected chi connectivity index (χ1v) is 5.66. The Bertz CT molecular complexity index is 269. The smallest absolute Gasteiger partial charge is 0.324 e. The predicted octanol–water partition coefficient (Wildman–Crippen LogP) is 1.48. The second kappa shape index (κ2) is 2.51. The van der Waals surface area contributed by atoms with Crippen molar-refractivity contribution < 1.29 is 9.90 Å². The number of hydrogen-bond acceptors (Lipinski definition) is 2. The van der Waals surface area contributed by atoms with E-state index in [2.05, 4.69) is 4.90 Å². The summed E-state index contributed by atoms with van der Waals surface area (Å²) in [5, 5.41) is 9.13. The van der Waals surface area contributed by atoms with Gasteiger partial charge in [-0.15, -0.1) is 0 Å². The number of carbonyl (C=O) groups is 1. The van der Waals surface area contributed by atoms with Crippen LogP contribution in [0, 0.1) is 5.41 Å². The molecule has 1 N–H and O–H groups in total. The largest absolute Gasteiger partial charge is 0.480 e. The summed E-state index contributed by atoms with van der Waals surface area (Å²) < 4.78 is 0. The maximum Gasteiger partial charge on any atom is 0.324 e. The molecule has 2 aliphatic carbocycles.